The van der Waals surface area contributed by atoms with Crippen molar-refractivity contribution >= 4 is 0 Å². The number of benzene rings is 1. The highest BCUT2D eigenvalue weighted by Gasteiger charge is 2.30. The fourth-order valence-corrected chi connectivity index (χ4v) is 4.63. The number of halogens is 2. The molecule has 1 heterocycles. The Morgan fingerprint density at radius 2 is 1.08 bits per heavy atom. The molecule has 2 aromatic rings. The average Bonchev–Trinajstić information content (AvgIpc) is 2.90. The highest BCUT2D eigenvalue weighted by molar-refractivity contribution is 5.55. The maximum Gasteiger partial charge on any atom is 0.397 e. The Balaban J connectivity index is 1.65. The Kier molecular flexibility index (Phi) is 16.1. The standard InChI is InChI=1S/C32H50F2N2O/c1-3-5-7-9-11-13-15-17-19-25-32(33,34)37-30-23-21-29(22-24-30)31-35-26-28(27-36-31)20-18-16-14-12-10-8-6-4-2/h21-24,26-27H,3-20,25H2,1-2H3. The summed E-state index contributed by atoms with van der Waals surface area (Å²) in [7, 11) is 0. The first-order valence-corrected chi connectivity index (χ1v) is 15.0. The van der Waals surface area contributed by atoms with E-state index in [0.717, 1.165) is 43.2 Å². The molecule has 3 nitrogen and oxygen atoms in total. The van der Waals surface area contributed by atoms with Gasteiger partial charge in [0.1, 0.15) is 5.75 Å². The first-order valence-electron chi connectivity index (χ1n) is 15.0. The number of alkyl halides is 2. The van der Waals surface area contributed by atoms with E-state index in [2.05, 4.69) is 23.8 Å². The molecule has 0 atom stereocenters. The zero-order valence-electron chi connectivity index (χ0n) is 23.5. The Morgan fingerprint density at radius 3 is 1.59 bits per heavy atom. The van der Waals surface area contributed by atoms with Crippen LogP contribution < -0.4 is 4.74 Å². The lowest BCUT2D eigenvalue weighted by Gasteiger charge is -2.18. The number of hydrogen-bond acceptors (Lipinski definition) is 3. The van der Waals surface area contributed by atoms with Crippen LogP contribution in [0, 0.1) is 0 Å². The van der Waals surface area contributed by atoms with Gasteiger partial charge in [0.2, 0.25) is 0 Å². The van der Waals surface area contributed by atoms with Gasteiger partial charge in [0.25, 0.3) is 0 Å². The van der Waals surface area contributed by atoms with Gasteiger partial charge >= 0.3 is 6.11 Å². The summed E-state index contributed by atoms with van der Waals surface area (Å²) in [5.41, 5.74) is 1.94. The minimum Gasteiger partial charge on any atom is -0.433 e. The third kappa shape index (κ3) is 14.5. The molecule has 37 heavy (non-hydrogen) atoms. The SMILES string of the molecule is CCCCCCCCCCCC(F)(F)Oc1ccc(-c2ncc(CCCCCCCCCC)cn2)cc1. The van der Waals surface area contributed by atoms with Crippen LogP contribution in [0.15, 0.2) is 36.7 Å². The van der Waals surface area contributed by atoms with Crippen LogP contribution in [0.4, 0.5) is 8.78 Å². The van der Waals surface area contributed by atoms with Gasteiger partial charge in [-0.25, -0.2) is 9.97 Å². The zero-order valence-corrected chi connectivity index (χ0v) is 23.5. The van der Waals surface area contributed by atoms with E-state index in [9.17, 15) is 8.78 Å². The molecule has 0 aliphatic rings. The van der Waals surface area contributed by atoms with Crippen molar-refractivity contribution in [2.75, 3.05) is 0 Å². The molecule has 5 heteroatoms. The van der Waals surface area contributed by atoms with Gasteiger partial charge in [-0.15, -0.1) is 0 Å². The average molecular weight is 517 g/mol. The van der Waals surface area contributed by atoms with Gasteiger partial charge < -0.3 is 4.74 Å². The molecule has 0 N–H and O–H groups in total. The van der Waals surface area contributed by atoms with Crippen molar-refractivity contribution in [1.29, 1.82) is 0 Å². The number of hydrogen-bond donors (Lipinski definition) is 0. The van der Waals surface area contributed by atoms with E-state index < -0.39 is 6.11 Å². The molecule has 208 valence electrons. The molecule has 0 fully saturated rings. The number of ether oxygens (including phenoxy) is 1. The molecule has 0 aliphatic heterocycles. The molecule has 1 aromatic carbocycles. The maximum atomic E-state index is 14.3. The number of unbranched alkanes of at least 4 members (excludes halogenated alkanes) is 15. The van der Waals surface area contributed by atoms with Gasteiger partial charge in [0.15, 0.2) is 5.82 Å². The van der Waals surface area contributed by atoms with Crippen molar-refractivity contribution < 1.29 is 13.5 Å². The quantitative estimate of drug-likeness (QED) is 0.146. The predicted molar refractivity (Wildman–Crippen MR) is 151 cm³/mol. The lowest BCUT2D eigenvalue weighted by molar-refractivity contribution is -0.181. The van der Waals surface area contributed by atoms with Gasteiger partial charge in [-0.05, 0) is 49.1 Å². The fraction of sp³-hybridized carbons (Fsp3) is 0.688. The summed E-state index contributed by atoms with van der Waals surface area (Å²) in [6.45, 7) is 4.46. The van der Waals surface area contributed by atoms with E-state index in [1.807, 2.05) is 12.4 Å². The molecular weight excluding hydrogens is 466 g/mol. The summed E-state index contributed by atoms with van der Waals surface area (Å²) >= 11 is 0. The third-order valence-corrected chi connectivity index (χ3v) is 6.98. The Morgan fingerprint density at radius 1 is 0.622 bits per heavy atom. The molecule has 0 aliphatic carbocycles. The summed E-state index contributed by atoms with van der Waals surface area (Å²) in [6, 6.07) is 6.66. The molecule has 2 rings (SSSR count). The van der Waals surface area contributed by atoms with Crippen molar-refractivity contribution in [1.82, 2.24) is 9.97 Å². The highest BCUT2D eigenvalue weighted by Crippen LogP contribution is 2.28. The summed E-state index contributed by atoms with van der Waals surface area (Å²) in [5.74, 6) is 0.781. The zero-order chi connectivity index (χ0) is 26.6. The summed E-state index contributed by atoms with van der Waals surface area (Å²) < 4.78 is 33.5. The van der Waals surface area contributed by atoms with E-state index in [4.69, 9.17) is 4.74 Å². The smallest absolute Gasteiger partial charge is 0.397 e. The van der Waals surface area contributed by atoms with E-state index in [1.165, 1.54) is 77.0 Å². The van der Waals surface area contributed by atoms with E-state index in [1.54, 1.807) is 24.3 Å². The van der Waals surface area contributed by atoms with Crippen LogP contribution in [-0.4, -0.2) is 16.1 Å². The second kappa shape index (κ2) is 19.1. The third-order valence-electron chi connectivity index (χ3n) is 6.98. The molecule has 0 spiro atoms. The normalized spacial score (nSPS) is 11.7. The van der Waals surface area contributed by atoms with Crippen molar-refractivity contribution in [3.63, 3.8) is 0 Å². The minimum atomic E-state index is -3.14. The number of nitrogens with zero attached hydrogens (tertiary/aromatic N) is 2. The largest absolute Gasteiger partial charge is 0.433 e. The molecular formula is C32H50F2N2O. The van der Waals surface area contributed by atoms with Crippen molar-refractivity contribution in [3.8, 4) is 17.1 Å². The van der Waals surface area contributed by atoms with E-state index in [-0.39, 0.29) is 12.2 Å². The van der Waals surface area contributed by atoms with Crippen LogP contribution >= 0.6 is 0 Å². The number of aromatic nitrogens is 2. The van der Waals surface area contributed by atoms with Crippen molar-refractivity contribution in [2.45, 2.75) is 142 Å². The second-order valence-corrected chi connectivity index (χ2v) is 10.5. The Labute approximate surface area is 224 Å². The van der Waals surface area contributed by atoms with Gasteiger partial charge in [-0.3, -0.25) is 0 Å². The molecule has 0 amide bonds. The second-order valence-electron chi connectivity index (χ2n) is 10.5. The van der Waals surface area contributed by atoms with Crippen molar-refractivity contribution in [2.24, 2.45) is 0 Å². The number of aryl methyl sites for hydroxylation is 1. The van der Waals surface area contributed by atoms with Crippen LogP contribution in [0.2, 0.25) is 0 Å². The van der Waals surface area contributed by atoms with Gasteiger partial charge in [-0.1, -0.05) is 110 Å². The fourth-order valence-electron chi connectivity index (χ4n) is 4.63. The molecule has 0 saturated heterocycles. The van der Waals surface area contributed by atoms with E-state index in [0.29, 0.717) is 12.2 Å². The molecule has 0 unspecified atom stereocenters. The van der Waals surface area contributed by atoms with Crippen molar-refractivity contribution in [3.05, 3.63) is 42.2 Å². The molecule has 0 bridgehead atoms. The predicted octanol–water partition coefficient (Wildman–Crippen LogP) is 10.7. The van der Waals surface area contributed by atoms with Crippen LogP contribution in [0.1, 0.15) is 135 Å². The molecule has 1 aromatic heterocycles. The lowest BCUT2D eigenvalue weighted by atomic mass is 10.1. The number of rotatable bonds is 22. The summed E-state index contributed by atoms with van der Waals surface area (Å²) in [4.78, 5) is 8.98. The Bertz CT molecular complexity index is 809. The van der Waals surface area contributed by atoms with Gasteiger partial charge in [0, 0.05) is 18.0 Å². The molecule has 0 radical (unpaired) electrons. The topological polar surface area (TPSA) is 35.0 Å². The summed E-state index contributed by atoms with van der Waals surface area (Å²) in [5, 5.41) is 0. The first kappa shape index (κ1) is 31.2. The van der Waals surface area contributed by atoms with Gasteiger partial charge in [0.05, 0.1) is 6.42 Å². The van der Waals surface area contributed by atoms with Gasteiger partial charge in [-0.2, -0.15) is 8.78 Å². The summed E-state index contributed by atoms with van der Waals surface area (Å²) in [6.07, 6.45) is 21.6. The highest BCUT2D eigenvalue weighted by atomic mass is 19.3. The Hall–Kier alpha value is -2.04. The lowest BCUT2D eigenvalue weighted by Crippen LogP contribution is -2.24. The monoisotopic (exact) mass is 516 g/mol. The molecule has 0 saturated carbocycles. The van der Waals surface area contributed by atoms with Crippen LogP contribution in [0.25, 0.3) is 11.4 Å². The maximum absolute atomic E-state index is 14.3. The van der Waals surface area contributed by atoms with E-state index >= 15 is 0 Å². The van der Waals surface area contributed by atoms with Crippen LogP contribution in [0.3, 0.4) is 0 Å². The van der Waals surface area contributed by atoms with Crippen LogP contribution in [0.5, 0.6) is 5.75 Å². The van der Waals surface area contributed by atoms with Crippen LogP contribution in [-0.2, 0) is 6.42 Å². The minimum absolute atomic E-state index is 0.177. The first-order chi connectivity index (χ1) is 18.0.